The number of hydrogen-bond donors (Lipinski definition) is 1. The number of imidazole rings is 1. The Morgan fingerprint density at radius 3 is 3.11 bits per heavy atom. The van der Waals surface area contributed by atoms with Crippen molar-refractivity contribution in [2.75, 3.05) is 0 Å². The molecule has 48 valence electrons. The largest absolute Gasteiger partial charge is 0.408 e. The monoisotopic (exact) mass is 126 g/mol. The fraction of sp³-hybridized carbons (Fsp3) is 0.200. The van der Waals surface area contributed by atoms with Gasteiger partial charge in [0.1, 0.15) is 0 Å². The first-order valence-corrected chi connectivity index (χ1v) is 2.45. The van der Waals surface area contributed by atoms with Crippen molar-refractivity contribution in [1.29, 1.82) is 0 Å². The third-order valence-electron chi connectivity index (χ3n) is 0.943. The molecule has 0 amide bonds. The van der Waals surface area contributed by atoms with E-state index < -0.39 is 0 Å². The standard InChI is InChI=1S/C5H6N2O2/c1-4-5(9-3-8)7-2-6-4/h2-3H,1H3,(H,6,7). The van der Waals surface area contributed by atoms with Gasteiger partial charge in [-0.3, -0.25) is 4.79 Å². The van der Waals surface area contributed by atoms with Crippen LogP contribution < -0.4 is 4.74 Å². The number of rotatable bonds is 2. The highest BCUT2D eigenvalue weighted by Crippen LogP contribution is 2.07. The summed E-state index contributed by atoms with van der Waals surface area (Å²) < 4.78 is 4.45. The molecule has 1 aromatic rings. The Labute approximate surface area is 51.9 Å². The third kappa shape index (κ3) is 1.07. The molecule has 0 bridgehead atoms. The second-order valence-electron chi connectivity index (χ2n) is 1.55. The summed E-state index contributed by atoms with van der Waals surface area (Å²) in [5, 5.41) is 0. The first kappa shape index (κ1) is 5.81. The third-order valence-corrected chi connectivity index (χ3v) is 0.943. The number of ether oxygens (including phenoxy) is 1. The van der Waals surface area contributed by atoms with Gasteiger partial charge in [-0.2, -0.15) is 0 Å². The molecule has 9 heavy (non-hydrogen) atoms. The lowest BCUT2D eigenvalue weighted by molar-refractivity contribution is -0.120. The van der Waals surface area contributed by atoms with E-state index in [9.17, 15) is 4.79 Å². The maximum Gasteiger partial charge on any atom is 0.299 e. The highest BCUT2D eigenvalue weighted by Gasteiger charge is 1.97. The summed E-state index contributed by atoms with van der Waals surface area (Å²) in [6.45, 7) is 2.12. The Morgan fingerprint density at radius 1 is 1.89 bits per heavy atom. The maximum absolute atomic E-state index is 9.75. The molecular weight excluding hydrogens is 120 g/mol. The van der Waals surface area contributed by atoms with Crippen LogP contribution in [0.15, 0.2) is 6.33 Å². The van der Waals surface area contributed by atoms with Gasteiger partial charge in [-0.1, -0.05) is 0 Å². The van der Waals surface area contributed by atoms with E-state index in [-0.39, 0.29) is 0 Å². The van der Waals surface area contributed by atoms with Gasteiger partial charge in [-0.25, -0.2) is 4.98 Å². The van der Waals surface area contributed by atoms with Crippen LogP contribution in [0.2, 0.25) is 0 Å². The van der Waals surface area contributed by atoms with E-state index in [2.05, 4.69) is 14.7 Å². The van der Waals surface area contributed by atoms with E-state index in [1.54, 1.807) is 6.92 Å². The van der Waals surface area contributed by atoms with Crippen LogP contribution in [0.4, 0.5) is 0 Å². The second-order valence-corrected chi connectivity index (χ2v) is 1.55. The molecule has 0 saturated heterocycles. The highest BCUT2D eigenvalue weighted by atomic mass is 16.5. The summed E-state index contributed by atoms with van der Waals surface area (Å²) in [7, 11) is 0. The van der Waals surface area contributed by atoms with Gasteiger partial charge in [0.2, 0.25) is 5.88 Å². The molecule has 4 nitrogen and oxygen atoms in total. The average molecular weight is 126 g/mol. The minimum absolute atomic E-state index is 0.338. The number of carbonyl (C=O) groups excluding carboxylic acids is 1. The number of aromatic amines is 1. The van der Waals surface area contributed by atoms with E-state index in [1.807, 2.05) is 0 Å². The normalized spacial score (nSPS) is 9.00. The van der Waals surface area contributed by atoms with Crippen molar-refractivity contribution < 1.29 is 9.53 Å². The molecule has 0 atom stereocenters. The summed E-state index contributed by atoms with van der Waals surface area (Å²) in [5.41, 5.74) is 0.752. The number of nitrogens with zero attached hydrogens (tertiary/aromatic N) is 1. The van der Waals surface area contributed by atoms with Crippen LogP contribution in [0.25, 0.3) is 0 Å². The zero-order valence-electron chi connectivity index (χ0n) is 4.92. The first-order valence-electron chi connectivity index (χ1n) is 2.45. The van der Waals surface area contributed by atoms with Gasteiger partial charge in [-0.15, -0.1) is 0 Å². The van der Waals surface area contributed by atoms with Gasteiger partial charge >= 0.3 is 0 Å². The summed E-state index contributed by atoms with van der Waals surface area (Å²) in [5.74, 6) is 0.338. The Hall–Kier alpha value is -1.32. The smallest absolute Gasteiger partial charge is 0.299 e. The van der Waals surface area contributed by atoms with Crippen LogP contribution in [-0.2, 0) is 4.79 Å². The Bertz CT molecular complexity index is 206. The summed E-state index contributed by atoms with van der Waals surface area (Å²) in [6.07, 6.45) is 1.47. The molecule has 1 N–H and O–H groups in total. The van der Waals surface area contributed by atoms with Crippen molar-refractivity contribution in [3.8, 4) is 5.88 Å². The average Bonchev–Trinajstić information content (AvgIpc) is 2.18. The molecular formula is C5H6N2O2. The lowest BCUT2D eigenvalue weighted by Gasteiger charge is -1.88. The number of aromatic nitrogens is 2. The van der Waals surface area contributed by atoms with E-state index in [0.29, 0.717) is 12.4 Å². The van der Waals surface area contributed by atoms with Crippen molar-refractivity contribution in [2.45, 2.75) is 6.92 Å². The lowest BCUT2D eigenvalue weighted by atomic mass is 10.5. The van der Waals surface area contributed by atoms with Crippen LogP contribution in [0.1, 0.15) is 5.69 Å². The molecule has 0 aliphatic heterocycles. The molecule has 1 heterocycles. The minimum Gasteiger partial charge on any atom is -0.408 e. The predicted molar refractivity (Wildman–Crippen MR) is 30.0 cm³/mol. The number of nitrogens with one attached hydrogen (secondary N) is 1. The van der Waals surface area contributed by atoms with Crippen molar-refractivity contribution in [1.82, 2.24) is 9.97 Å². The molecule has 4 heteroatoms. The van der Waals surface area contributed by atoms with Crippen LogP contribution in [0.3, 0.4) is 0 Å². The van der Waals surface area contributed by atoms with E-state index in [4.69, 9.17) is 0 Å². The second kappa shape index (κ2) is 2.30. The minimum atomic E-state index is 0.338. The fourth-order valence-electron chi connectivity index (χ4n) is 0.511. The van der Waals surface area contributed by atoms with Gasteiger partial charge in [-0.05, 0) is 6.92 Å². The molecule has 0 aliphatic carbocycles. The molecule has 0 spiro atoms. The lowest BCUT2D eigenvalue weighted by Crippen LogP contribution is -1.89. The summed E-state index contributed by atoms with van der Waals surface area (Å²) in [6, 6.07) is 0. The van der Waals surface area contributed by atoms with E-state index >= 15 is 0 Å². The SMILES string of the molecule is Cc1[nH]cnc1OC=O. The van der Waals surface area contributed by atoms with Crippen molar-refractivity contribution in [3.05, 3.63) is 12.0 Å². The predicted octanol–water partition coefficient (Wildman–Crippen LogP) is 0.253. The van der Waals surface area contributed by atoms with Gasteiger partial charge < -0.3 is 9.72 Å². The summed E-state index contributed by atoms with van der Waals surface area (Å²) >= 11 is 0. The quantitative estimate of drug-likeness (QED) is 0.578. The van der Waals surface area contributed by atoms with Gasteiger partial charge in [0.25, 0.3) is 6.47 Å². The maximum atomic E-state index is 9.75. The molecule has 1 rings (SSSR count). The molecule has 0 saturated carbocycles. The Balaban J connectivity index is 2.80. The van der Waals surface area contributed by atoms with Gasteiger partial charge in [0.05, 0.1) is 12.0 Å². The van der Waals surface area contributed by atoms with Crippen LogP contribution in [0.5, 0.6) is 5.88 Å². The highest BCUT2D eigenvalue weighted by molar-refractivity contribution is 5.43. The number of aryl methyl sites for hydroxylation is 1. The molecule has 0 fully saturated rings. The molecule has 0 aromatic carbocycles. The molecule has 0 radical (unpaired) electrons. The topological polar surface area (TPSA) is 55.0 Å². The van der Waals surface area contributed by atoms with Crippen molar-refractivity contribution in [3.63, 3.8) is 0 Å². The number of hydrogen-bond acceptors (Lipinski definition) is 3. The molecule has 0 unspecified atom stereocenters. The molecule has 0 aliphatic rings. The van der Waals surface area contributed by atoms with Crippen molar-refractivity contribution >= 4 is 6.47 Å². The van der Waals surface area contributed by atoms with Gasteiger partial charge in [0.15, 0.2) is 0 Å². The van der Waals surface area contributed by atoms with Crippen LogP contribution in [0, 0.1) is 6.92 Å². The fourth-order valence-corrected chi connectivity index (χ4v) is 0.511. The Kier molecular flexibility index (Phi) is 1.48. The number of carbonyl (C=O) groups is 1. The van der Waals surface area contributed by atoms with Gasteiger partial charge in [0, 0.05) is 0 Å². The Morgan fingerprint density at radius 2 is 2.67 bits per heavy atom. The van der Waals surface area contributed by atoms with E-state index in [1.165, 1.54) is 6.33 Å². The van der Waals surface area contributed by atoms with E-state index in [0.717, 1.165) is 5.69 Å². The zero-order chi connectivity index (χ0) is 6.69. The zero-order valence-corrected chi connectivity index (χ0v) is 4.92. The van der Waals surface area contributed by atoms with Crippen molar-refractivity contribution in [2.24, 2.45) is 0 Å². The first-order chi connectivity index (χ1) is 4.34. The number of H-pyrrole nitrogens is 1. The van der Waals surface area contributed by atoms with Crippen LogP contribution >= 0.6 is 0 Å². The van der Waals surface area contributed by atoms with Crippen LogP contribution in [-0.4, -0.2) is 16.4 Å². The summed E-state index contributed by atoms with van der Waals surface area (Å²) in [4.78, 5) is 16.2. The molecule has 1 aromatic heterocycles.